The molecule has 0 N–H and O–H groups in total. The van der Waals surface area contributed by atoms with Crippen LogP contribution in [0.2, 0.25) is 0 Å². The van der Waals surface area contributed by atoms with E-state index >= 15 is 0 Å². The quantitative estimate of drug-likeness (QED) is 0.278. The second kappa shape index (κ2) is 11.0. The van der Waals surface area contributed by atoms with Crippen molar-refractivity contribution in [3.05, 3.63) is 65.2 Å². The second-order valence-electron chi connectivity index (χ2n) is 10.6. The van der Waals surface area contributed by atoms with Gasteiger partial charge in [0.15, 0.2) is 9.84 Å². The molecule has 13 heteroatoms. The lowest BCUT2D eigenvalue weighted by Gasteiger charge is -2.33. The van der Waals surface area contributed by atoms with Crippen LogP contribution in [0.1, 0.15) is 55.2 Å². The van der Waals surface area contributed by atoms with Crippen molar-refractivity contribution in [3.8, 4) is 0 Å². The molecule has 1 saturated heterocycles. The minimum absolute atomic E-state index is 0.0114. The Bertz CT molecular complexity index is 1370. The molecular weight excluding hydrogens is 579 g/mol. The van der Waals surface area contributed by atoms with Crippen molar-refractivity contribution in [2.45, 2.75) is 72.6 Å². The molecule has 0 radical (unpaired) electrons. The van der Waals surface area contributed by atoms with Crippen LogP contribution in [-0.4, -0.2) is 51.0 Å². The van der Waals surface area contributed by atoms with Crippen molar-refractivity contribution >= 4 is 22.0 Å². The van der Waals surface area contributed by atoms with E-state index in [1.54, 1.807) is 0 Å². The number of halogens is 7. The molecule has 2 fully saturated rings. The summed E-state index contributed by atoms with van der Waals surface area (Å²) in [6.45, 7) is -0.399. The van der Waals surface area contributed by atoms with Crippen LogP contribution in [0.5, 0.6) is 0 Å². The smallest absolute Gasteiger partial charge is 0.340 e. The van der Waals surface area contributed by atoms with Gasteiger partial charge in [-0.1, -0.05) is 55.7 Å². The Morgan fingerprint density at radius 2 is 1.54 bits per heavy atom. The lowest BCUT2D eigenvalue weighted by Crippen LogP contribution is -2.50. The molecule has 1 saturated carbocycles. The Hall–Kier alpha value is -2.96. The van der Waals surface area contributed by atoms with Gasteiger partial charge in [0.1, 0.15) is 11.0 Å². The van der Waals surface area contributed by atoms with Gasteiger partial charge in [-0.3, -0.25) is 4.79 Å². The fourth-order valence-electron chi connectivity index (χ4n) is 5.84. The maximum atomic E-state index is 14.7. The monoisotopic (exact) mass is 607 g/mol. The summed E-state index contributed by atoms with van der Waals surface area (Å²) in [5.41, 5.74) is -7.22. The SMILES string of the molecule is O=CCc1cccc(S(=O)(=O)C2(c3ccc(C(F)(C(F)(F)F)C(F)(F)F)cc3)CCN(C(=O)C3CCCCC3)C2)c1. The summed E-state index contributed by atoms with van der Waals surface area (Å²) in [5.74, 6) is -0.573. The molecule has 0 bridgehead atoms. The zero-order chi connectivity index (χ0) is 30.3. The zero-order valence-corrected chi connectivity index (χ0v) is 22.6. The second-order valence-corrected chi connectivity index (χ2v) is 12.9. The number of hydrogen-bond donors (Lipinski definition) is 0. The van der Waals surface area contributed by atoms with Crippen LogP contribution in [0.15, 0.2) is 53.4 Å². The highest BCUT2D eigenvalue weighted by Crippen LogP contribution is 2.54. The van der Waals surface area contributed by atoms with E-state index in [1.807, 2.05) is 0 Å². The van der Waals surface area contributed by atoms with E-state index in [9.17, 15) is 48.7 Å². The molecule has 1 unspecified atom stereocenters. The van der Waals surface area contributed by atoms with E-state index in [1.165, 1.54) is 29.2 Å². The van der Waals surface area contributed by atoms with Crippen LogP contribution < -0.4 is 0 Å². The van der Waals surface area contributed by atoms with Crippen molar-refractivity contribution in [3.63, 3.8) is 0 Å². The predicted octanol–water partition coefficient (Wildman–Crippen LogP) is 6.20. The molecule has 2 aliphatic rings. The minimum Gasteiger partial charge on any atom is -0.340 e. The van der Waals surface area contributed by atoms with Gasteiger partial charge in [-0.15, -0.1) is 0 Å². The third kappa shape index (κ3) is 5.37. The molecule has 0 aromatic heterocycles. The standard InChI is InChI=1S/C28H28F7NO4S/c29-26(27(30,31)32,28(33,34)35)22-11-9-21(10-12-22)25(41(39,40)23-8-4-5-19(17-23)13-16-37)14-15-36(18-25)24(38)20-6-2-1-3-7-20/h4-5,8-12,16-17,20H,1-3,6-7,13-15,18H2. The Morgan fingerprint density at radius 1 is 0.927 bits per heavy atom. The van der Waals surface area contributed by atoms with Crippen LogP contribution in [-0.2, 0) is 36.3 Å². The first-order chi connectivity index (χ1) is 19.1. The fraction of sp³-hybridized carbons (Fsp3) is 0.500. The number of amides is 1. The maximum Gasteiger partial charge on any atom is 0.435 e. The first-order valence-electron chi connectivity index (χ1n) is 13.1. The number of sulfone groups is 1. The molecule has 1 aliphatic heterocycles. The Kier molecular flexibility index (Phi) is 8.34. The van der Waals surface area contributed by atoms with Crippen molar-refractivity contribution in [2.75, 3.05) is 13.1 Å². The van der Waals surface area contributed by atoms with Gasteiger partial charge >= 0.3 is 18.0 Å². The number of carbonyl (C=O) groups is 2. The van der Waals surface area contributed by atoms with Crippen LogP contribution in [0.4, 0.5) is 30.7 Å². The van der Waals surface area contributed by atoms with E-state index in [4.69, 9.17) is 0 Å². The van der Waals surface area contributed by atoms with Gasteiger partial charge in [0.05, 0.1) is 4.90 Å². The molecule has 41 heavy (non-hydrogen) atoms. The lowest BCUT2D eigenvalue weighted by atomic mass is 9.88. The molecule has 1 heterocycles. The van der Waals surface area contributed by atoms with Gasteiger partial charge in [-0.25, -0.2) is 12.8 Å². The molecule has 224 valence electrons. The molecular formula is C28H28F7NO4S. The minimum atomic E-state index is -6.33. The zero-order valence-electron chi connectivity index (χ0n) is 21.8. The Labute approximate surface area is 232 Å². The third-order valence-electron chi connectivity index (χ3n) is 8.13. The van der Waals surface area contributed by atoms with Crippen LogP contribution in [0.25, 0.3) is 0 Å². The average molecular weight is 608 g/mol. The number of aldehydes is 1. The largest absolute Gasteiger partial charge is 0.435 e. The summed E-state index contributed by atoms with van der Waals surface area (Å²) >= 11 is 0. The predicted molar refractivity (Wildman–Crippen MR) is 134 cm³/mol. The van der Waals surface area contributed by atoms with Crippen LogP contribution in [0, 0.1) is 5.92 Å². The molecule has 2 aromatic carbocycles. The number of alkyl halides is 7. The number of likely N-dealkylation sites (tertiary alicyclic amines) is 1. The molecule has 5 nitrogen and oxygen atoms in total. The van der Waals surface area contributed by atoms with E-state index in [2.05, 4.69) is 0 Å². The number of rotatable bonds is 7. The van der Waals surface area contributed by atoms with Gasteiger partial charge in [0, 0.05) is 31.0 Å². The van der Waals surface area contributed by atoms with E-state index in [0.717, 1.165) is 31.4 Å². The lowest BCUT2D eigenvalue weighted by molar-refractivity contribution is -0.348. The van der Waals surface area contributed by atoms with Gasteiger partial charge in [0.25, 0.3) is 0 Å². The molecule has 1 atom stereocenters. The van der Waals surface area contributed by atoms with Crippen molar-refractivity contribution in [1.82, 2.24) is 4.90 Å². The van der Waals surface area contributed by atoms with Gasteiger partial charge in [0.2, 0.25) is 5.91 Å². The highest BCUT2D eigenvalue weighted by Gasteiger charge is 2.73. The Morgan fingerprint density at radius 3 is 2.10 bits per heavy atom. The maximum absolute atomic E-state index is 14.7. The first-order valence-corrected chi connectivity index (χ1v) is 14.6. The van der Waals surface area contributed by atoms with Crippen LogP contribution in [0.3, 0.4) is 0 Å². The summed E-state index contributed by atoms with van der Waals surface area (Å²) < 4.78 is 121. The van der Waals surface area contributed by atoms with Gasteiger partial charge < -0.3 is 9.69 Å². The highest BCUT2D eigenvalue weighted by molar-refractivity contribution is 7.92. The number of carbonyl (C=O) groups excluding carboxylic acids is 2. The van der Waals surface area contributed by atoms with Gasteiger partial charge in [-0.2, -0.15) is 26.3 Å². The normalized spacial score (nSPS) is 21.2. The topological polar surface area (TPSA) is 71.5 Å². The number of hydrogen-bond acceptors (Lipinski definition) is 4. The molecule has 0 spiro atoms. The van der Waals surface area contributed by atoms with E-state index < -0.39 is 38.2 Å². The summed E-state index contributed by atoms with van der Waals surface area (Å²) in [6, 6.07) is 7.57. The van der Waals surface area contributed by atoms with E-state index in [-0.39, 0.29) is 48.2 Å². The molecule has 1 aliphatic carbocycles. The van der Waals surface area contributed by atoms with E-state index in [0.29, 0.717) is 36.8 Å². The summed E-state index contributed by atoms with van der Waals surface area (Å²) in [4.78, 5) is 25.5. The Balaban J connectivity index is 1.82. The highest BCUT2D eigenvalue weighted by atomic mass is 32.2. The molecule has 1 amide bonds. The average Bonchev–Trinajstić information content (AvgIpc) is 3.39. The third-order valence-corrected chi connectivity index (χ3v) is 10.6. The van der Waals surface area contributed by atoms with Gasteiger partial charge in [-0.05, 0) is 42.5 Å². The summed E-state index contributed by atoms with van der Waals surface area (Å²) in [6.07, 6.45) is -8.46. The van der Waals surface area contributed by atoms with Crippen molar-refractivity contribution in [1.29, 1.82) is 0 Å². The molecule has 4 rings (SSSR count). The van der Waals surface area contributed by atoms with Crippen molar-refractivity contribution in [2.24, 2.45) is 5.92 Å². The summed E-state index contributed by atoms with van der Waals surface area (Å²) in [7, 11) is -4.44. The summed E-state index contributed by atoms with van der Waals surface area (Å²) in [5, 5.41) is 0. The first kappa shape index (κ1) is 31.0. The number of nitrogens with zero attached hydrogens (tertiary/aromatic N) is 1. The fourth-order valence-corrected chi connectivity index (χ4v) is 7.99. The van der Waals surface area contributed by atoms with Crippen molar-refractivity contribution < 1.29 is 48.7 Å². The molecule has 2 aromatic rings. The number of benzene rings is 2. The van der Waals surface area contributed by atoms with Crippen LogP contribution >= 0.6 is 0 Å².